The highest BCUT2D eigenvalue weighted by molar-refractivity contribution is 5.95. The SMILES string of the molecule is CC(=O)N1CCN(C(=O)c2ccnc(Nc3ccccc3C(F)(F)F)c2)CC1. The fourth-order valence-corrected chi connectivity index (χ4v) is 3.02. The van der Waals surface area contributed by atoms with Crippen molar-refractivity contribution in [3.05, 3.63) is 53.7 Å². The standard InChI is InChI=1S/C19H19F3N4O2/c1-13(27)25-8-10-26(11-9-25)18(28)14-6-7-23-17(12-14)24-16-5-3-2-4-15(16)19(20,21)22/h2-7,12H,8-11H2,1H3,(H,23,24). The van der Waals surface area contributed by atoms with Gasteiger partial charge in [0.05, 0.1) is 11.3 Å². The molecule has 1 aromatic heterocycles. The summed E-state index contributed by atoms with van der Waals surface area (Å²) in [5.74, 6) is -0.145. The van der Waals surface area contributed by atoms with Crippen LogP contribution in [0.3, 0.4) is 0 Å². The quantitative estimate of drug-likeness (QED) is 0.872. The van der Waals surface area contributed by atoms with Gasteiger partial charge in [-0.1, -0.05) is 12.1 Å². The summed E-state index contributed by atoms with van der Waals surface area (Å²) in [6, 6.07) is 8.02. The molecule has 2 heterocycles. The number of nitrogens with one attached hydrogen (secondary N) is 1. The Morgan fingerprint density at radius 1 is 1.04 bits per heavy atom. The van der Waals surface area contributed by atoms with Crippen molar-refractivity contribution in [2.75, 3.05) is 31.5 Å². The number of pyridine rings is 1. The third-order valence-electron chi connectivity index (χ3n) is 4.51. The summed E-state index contributed by atoms with van der Waals surface area (Å²) >= 11 is 0. The lowest BCUT2D eigenvalue weighted by molar-refractivity contribution is -0.137. The first-order valence-electron chi connectivity index (χ1n) is 8.70. The van der Waals surface area contributed by atoms with Gasteiger partial charge >= 0.3 is 6.18 Å². The second-order valence-corrected chi connectivity index (χ2v) is 6.40. The molecule has 3 rings (SSSR count). The van der Waals surface area contributed by atoms with Gasteiger partial charge in [0, 0.05) is 44.9 Å². The highest BCUT2D eigenvalue weighted by Gasteiger charge is 2.33. The fraction of sp³-hybridized carbons (Fsp3) is 0.316. The number of hydrogen-bond donors (Lipinski definition) is 1. The molecule has 1 aliphatic heterocycles. The molecule has 0 aliphatic carbocycles. The van der Waals surface area contributed by atoms with Gasteiger partial charge in [-0.25, -0.2) is 4.98 Å². The van der Waals surface area contributed by atoms with Gasteiger partial charge in [0.25, 0.3) is 5.91 Å². The molecule has 1 N–H and O–H groups in total. The van der Waals surface area contributed by atoms with Gasteiger partial charge in [0.15, 0.2) is 0 Å². The van der Waals surface area contributed by atoms with Gasteiger partial charge in [-0.05, 0) is 24.3 Å². The first-order chi connectivity index (χ1) is 13.3. The van der Waals surface area contributed by atoms with E-state index in [4.69, 9.17) is 0 Å². The molecule has 1 fully saturated rings. The molecule has 0 atom stereocenters. The molecule has 2 aromatic rings. The van der Waals surface area contributed by atoms with Crippen LogP contribution in [0.15, 0.2) is 42.6 Å². The number of anilines is 2. The monoisotopic (exact) mass is 392 g/mol. The third kappa shape index (κ3) is 4.41. The second-order valence-electron chi connectivity index (χ2n) is 6.40. The van der Waals surface area contributed by atoms with E-state index in [1.165, 1.54) is 43.5 Å². The first-order valence-corrected chi connectivity index (χ1v) is 8.70. The number of nitrogens with zero attached hydrogens (tertiary/aromatic N) is 3. The Morgan fingerprint density at radius 2 is 1.68 bits per heavy atom. The van der Waals surface area contributed by atoms with Crippen molar-refractivity contribution < 1.29 is 22.8 Å². The van der Waals surface area contributed by atoms with Crippen LogP contribution in [0.5, 0.6) is 0 Å². The molecule has 0 saturated carbocycles. The summed E-state index contributed by atoms with van der Waals surface area (Å²) < 4.78 is 39.4. The summed E-state index contributed by atoms with van der Waals surface area (Å²) in [5, 5.41) is 2.64. The number of carbonyl (C=O) groups is 2. The maximum atomic E-state index is 13.1. The van der Waals surface area contributed by atoms with E-state index in [-0.39, 0.29) is 23.3 Å². The van der Waals surface area contributed by atoms with E-state index >= 15 is 0 Å². The summed E-state index contributed by atoms with van der Waals surface area (Å²) in [4.78, 5) is 31.4. The Hall–Kier alpha value is -3.10. The van der Waals surface area contributed by atoms with Crippen molar-refractivity contribution in [2.24, 2.45) is 0 Å². The average Bonchev–Trinajstić information content (AvgIpc) is 2.67. The number of benzene rings is 1. The number of alkyl halides is 3. The number of halogens is 3. The summed E-state index contributed by atoms with van der Waals surface area (Å²) in [7, 11) is 0. The second kappa shape index (κ2) is 7.87. The predicted octanol–water partition coefficient (Wildman–Crippen LogP) is 3.15. The maximum Gasteiger partial charge on any atom is 0.418 e. The lowest BCUT2D eigenvalue weighted by Gasteiger charge is -2.34. The molecule has 6 nitrogen and oxygen atoms in total. The fourth-order valence-electron chi connectivity index (χ4n) is 3.02. The van der Waals surface area contributed by atoms with Gasteiger partial charge in [0.1, 0.15) is 5.82 Å². The maximum absolute atomic E-state index is 13.1. The van der Waals surface area contributed by atoms with E-state index in [0.29, 0.717) is 31.7 Å². The van der Waals surface area contributed by atoms with E-state index in [2.05, 4.69) is 10.3 Å². The summed E-state index contributed by atoms with van der Waals surface area (Å²) in [5.41, 5.74) is -0.630. The normalized spacial score (nSPS) is 14.7. The molecule has 0 radical (unpaired) electrons. The Kier molecular flexibility index (Phi) is 5.53. The highest BCUT2D eigenvalue weighted by atomic mass is 19.4. The van der Waals surface area contributed by atoms with Crippen molar-refractivity contribution in [3.63, 3.8) is 0 Å². The van der Waals surface area contributed by atoms with Crippen LogP contribution in [0.4, 0.5) is 24.7 Å². The van der Waals surface area contributed by atoms with Crippen LogP contribution in [0.25, 0.3) is 0 Å². The molecule has 2 amide bonds. The van der Waals surface area contributed by atoms with Crippen LogP contribution in [0.1, 0.15) is 22.8 Å². The molecule has 28 heavy (non-hydrogen) atoms. The molecule has 0 unspecified atom stereocenters. The Balaban J connectivity index is 1.75. The lowest BCUT2D eigenvalue weighted by Crippen LogP contribution is -2.50. The number of para-hydroxylation sites is 1. The minimum Gasteiger partial charge on any atom is -0.340 e. The molecular formula is C19H19F3N4O2. The number of hydrogen-bond acceptors (Lipinski definition) is 4. The van der Waals surface area contributed by atoms with Gasteiger partial charge < -0.3 is 15.1 Å². The zero-order valence-electron chi connectivity index (χ0n) is 15.2. The van der Waals surface area contributed by atoms with Crippen molar-refractivity contribution in [2.45, 2.75) is 13.1 Å². The van der Waals surface area contributed by atoms with E-state index in [1.807, 2.05) is 0 Å². The largest absolute Gasteiger partial charge is 0.418 e. The molecule has 0 spiro atoms. The first kappa shape index (κ1) is 19.7. The van der Waals surface area contributed by atoms with E-state index in [9.17, 15) is 22.8 Å². The van der Waals surface area contributed by atoms with Crippen molar-refractivity contribution >= 4 is 23.3 Å². The molecule has 1 aliphatic rings. The molecule has 1 aromatic carbocycles. The zero-order chi connectivity index (χ0) is 20.3. The van der Waals surface area contributed by atoms with Crippen LogP contribution < -0.4 is 5.32 Å². The van der Waals surface area contributed by atoms with Crippen molar-refractivity contribution in [1.29, 1.82) is 0 Å². The van der Waals surface area contributed by atoms with Gasteiger partial charge in [0.2, 0.25) is 5.91 Å². The van der Waals surface area contributed by atoms with Crippen LogP contribution >= 0.6 is 0 Å². The predicted molar refractivity (Wildman–Crippen MR) is 97.1 cm³/mol. The van der Waals surface area contributed by atoms with Crippen molar-refractivity contribution in [1.82, 2.24) is 14.8 Å². The van der Waals surface area contributed by atoms with Crippen LogP contribution in [0.2, 0.25) is 0 Å². The molecule has 1 saturated heterocycles. The van der Waals surface area contributed by atoms with E-state index in [1.54, 1.807) is 9.80 Å². The molecular weight excluding hydrogens is 373 g/mol. The highest BCUT2D eigenvalue weighted by Crippen LogP contribution is 2.35. The topological polar surface area (TPSA) is 65.5 Å². The Labute approximate surface area is 160 Å². The van der Waals surface area contributed by atoms with Crippen LogP contribution in [0, 0.1) is 0 Å². The number of carbonyl (C=O) groups excluding carboxylic acids is 2. The number of piperazine rings is 1. The van der Waals surface area contributed by atoms with E-state index < -0.39 is 11.7 Å². The van der Waals surface area contributed by atoms with Crippen LogP contribution in [-0.2, 0) is 11.0 Å². The number of rotatable bonds is 3. The molecule has 9 heteroatoms. The number of aromatic nitrogens is 1. The summed E-state index contributed by atoms with van der Waals surface area (Å²) in [6.07, 6.45) is -3.13. The van der Waals surface area contributed by atoms with Crippen LogP contribution in [-0.4, -0.2) is 52.8 Å². The van der Waals surface area contributed by atoms with Gasteiger partial charge in [-0.3, -0.25) is 9.59 Å². The minimum atomic E-state index is -4.51. The smallest absolute Gasteiger partial charge is 0.340 e. The molecule has 148 valence electrons. The van der Waals surface area contributed by atoms with Gasteiger partial charge in [-0.15, -0.1) is 0 Å². The van der Waals surface area contributed by atoms with E-state index in [0.717, 1.165) is 6.07 Å². The average molecular weight is 392 g/mol. The lowest BCUT2D eigenvalue weighted by atomic mass is 10.1. The molecule has 0 bridgehead atoms. The summed E-state index contributed by atoms with van der Waals surface area (Å²) in [6.45, 7) is 3.20. The zero-order valence-corrected chi connectivity index (χ0v) is 15.2. The van der Waals surface area contributed by atoms with Crippen molar-refractivity contribution in [3.8, 4) is 0 Å². The number of amides is 2. The third-order valence-corrected chi connectivity index (χ3v) is 4.51. The van der Waals surface area contributed by atoms with Gasteiger partial charge in [-0.2, -0.15) is 13.2 Å². The minimum absolute atomic E-state index is 0.0363. The Morgan fingerprint density at radius 3 is 2.32 bits per heavy atom. The Bertz CT molecular complexity index is 877.